The summed E-state index contributed by atoms with van der Waals surface area (Å²) in [7, 11) is 0. The number of anilines is 2. The molecule has 0 bridgehead atoms. The zero-order valence-corrected chi connectivity index (χ0v) is 16.9. The minimum atomic E-state index is 0.727. The van der Waals surface area contributed by atoms with E-state index in [-0.39, 0.29) is 0 Å². The number of thiophene rings is 1. The van der Waals surface area contributed by atoms with Crippen LogP contribution in [0.4, 0.5) is 11.5 Å². The number of nitrogens with one attached hydrogen (secondary N) is 1. The fraction of sp³-hybridized carbons (Fsp3) is 0.250. The van der Waals surface area contributed by atoms with Gasteiger partial charge in [0.05, 0.1) is 0 Å². The molecule has 1 fully saturated rings. The standard InChI is InChI=1S/C20H20N6S2/c1-3-17(25-8-11-27-12-9-25)4-2-15(1)13-21-18-5-6-19-22-23-20(26(19)24-18)16-7-10-28-14-16/h1-7,10,14H,8-9,11-13H2,(H,21,24). The maximum atomic E-state index is 4.67. The zero-order valence-electron chi connectivity index (χ0n) is 15.3. The molecule has 0 saturated carbocycles. The quantitative estimate of drug-likeness (QED) is 0.538. The van der Waals surface area contributed by atoms with E-state index in [1.165, 1.54) is 22.8 Å². The number of rotatable bonds is 5. The second-order valence-electron chi connectivity index (χ2n) is 6.64. The van der Waals surface area contributed by atoms with E-state index in [2.05, 4.69) is 55.2 Å². The largest absolute Gasteiger partial charge is 0.370 e. The summed E-state index contributed by atoms with van der Waals surface area (Å²) >= 11 is 3.67. The third kappa shape index (κ3) is 3.57. The number of hydrogen-bond acceptors (Lipinski definition) is 7. The molecule has 0 amide bonds. The second kappa shape index (κ2) is 7.81. The van der Waals surface area contributed by atoms with Crippen LogP contribution in [0.3, 0.4) is 0 Å². The van der Waals surface area contributed by atoms with E-state index >= 15 is 0 Å². The van der Waals surface area contributed by atoms with Gasteiger partial charge in [-0.3, -0.25) is 0 Å². The van der Waals surface area contributed by atoms with E-state index in [4.69, 9.17) is 0 Å². The molecule has 1 aromatic carbocycles. The summed E-state index contributed by atoms with van der Waals surface area (Å²) in [4.78, 5) is 2.46. The summed E-state index contributed by atoms with van der Waals surface area (Å²) < 4.78 is 1.79. The van der Waals surface area contributed by atoms with E-state index in [1.54, 1.807) is 15.9 Å². The highest BCUT2D eigenvalue weighted by Gasteiger charge is 2.12. The van der Waals surface area contributed by atoms with Gasteiger partial charge in [0.2, 0.25) is 0 Å². The van der Waals surface area contributed by atoms with Crippen molar-refractivity contribution in [1.82, 2.24) is 19.8 Å². The molecule has 5 rings (SSSR count). The average molecular weight is 409 g/mol. The van der Waals surface area contributed by atoms with Crippen LogP contribution in [0.2, 0.25) is 0 Å². The Kier molecular flexibility index (Phi) is 4.88. The molecule has 0 radical (unpaired) electrons. The van der Waals surface area contributed by atoms with Gasteiger partial charge in [0.15, 0.2) is 11.5 Å². The normalized spacial score (nSPS) is 14.5. The first kappa shape index (κ1) is 17.5. The Labute approximate surface area is 171 Å². The molecular weight excluding hydrogens is 388 g/mol. The minimum Gasteiger partial charge on any atom is -0.370 e. The Bertz CT molecular complexity index is 1050. The van der Waals surface area contributed by atoms with E-state index in [1.807, 2.05) is 35.3 Å². The average Bonchev–Trinajstić information content (AvgIpc) is 3.42. The van der Waals surface area contributed by atoms with E-state index in [9.17, 15) is 0 Å². The van der Waals surface area contributed by atoms with Crippen molar-refractivity contribution in [3.05, 3.63) is 58.8 Å². The van der Waals surface area contributed by atoms with Crippen molar-refractivity contribution < 1.29 is 0 Å². The third-order valence-corrected chi connectivity index (χ3v) is 6.45. The molecule has 1 aliphatic rings. The van der Waals surface area contributed by atoms with Crippen LogP contribution in [-0.2, 0) is 6.54 Å². The summed E-state index contributed by atoms with van der Waals surface area (Å²) in [5.41, 5.74) is 4.33. The highest BCUT2D eigenvalue weighted by Crippen LogP contribution is 2.22. The topological polar surface area (TPSA) is 58.4 Å². The van der Waals surface area contributed by atoms with Gasteiger partial charge in [-0.1, -0.05) is 12.1 Å². The van der Waals surface area contributed by atoms with E-state index < -0.39 is 0 Å². The molecule has 0 aliphatic carbocycles. The third-order valence-electron chi connectivity index (χ3n) is 4.83. The van der Waals surface area contributed by atoms with Gasteiger partial charge in [-0.2, -0.15) is 27.6 Å². The van der Waals surface area contributed by atoms with Gasteiger partial charge >= 0.3 is 0 Å². The van der Waals surface area contributed by atoms with Gasteiger partial charge in [-0.05, 0) is 41.3 Å². The summed E-state index contributed by atoms with van der Waals surface area (Å²) in [6.45, 7) is 3.00. The molecule has 8 heteroatoms. The van der Waals surface area contributed by atoms with Crippen LogP contribution in [-0.4, -0.2) is 44.4 Å². The Morgan fingerprint density at radius 2 is 1.82 bits per heavy atom. The molecule has 142 valence electrons. The van der Waals surface area contributed by atoms with Crippen molar-refractivity contribution in [1.29, 1.82) is 0 Å². The molecule has 4 aromatic rings. The molecule has 0 spiro atoms. The minimum absolute atomic E-state index is 0.727. The van der Waals surface area contributed by atoms with Gasteiger partial charge in [0, 0.05) is 47.8 Å². The van der Waals surface area contributed by atoms with Crippen LogP contribution in [0.15, 0.2) is 53.2 Å². The first-order valence-electron chi connectivity index (χ1n) is 9.27. The molecule has 1 N–H and O–H groups in total. The Morgan fingerprint density at radius 1 is 0.964 bits per heavy atom. The lowest BCUT2D eigenvalue weighted by Gasteiger charge is -2.28. The molecule has 3 aromatic heterocycles. The SMILES string of the molecule is c1cc(-c2nnc3ccc(NCc4ccc(N5CCSCC5)cc4)nn23)cs1. The van der Waals surface area contributed by atoms with Gasteiger partial charge in [0.1, 0.15) is 5.82 Å². The van der Waals surface area contributed by atoms with Crippen LogP contribution in [0.25, 0.3) is 17.0 Å². The number of hydrogen-bond donors (Lipinski definition) is 1. The lowest BCUT2D eigenvalue weighted by atomic mass is 10.2. The van der Waals surface area contributed by atoms with Crippen LogP contribution in [0.1, 0.15) is 5.56 Å². The first-order valence-corrected chi connectivity index (χ1v) is 11.4. The van der Waals surface area contributed by atoms with Crippen molar-refractivity contribution in [2.75, 3.05) is 34.8 Å². The lowest BCUT2D eigenvalue weighted by Crippen LogP contribution is -2.32. The van der Waals surface area contributed by atoms with Crippen LogP contribution < -0.4 is 10.2 Å². The summed E-state index contributed by atoms with van der Waals surface area (Å²) in [6.07, 6.45) is 0. The van der Waals surface area contributed by atoms with E-state index in [0.717, 1.165) is 42.5 Å². The van der Waals surface area contributed by atoms with Gasteiger partial charge in [-0.15, -0.1) is 15.3 Å². The molecule has 1 aliphatic heterocycles. The lowest BCUT2D eigenvalue weighted by molar-refractivity contribution is 0.858. The number of fused-ring (bicyclic) bond motifs is 1. The fourth-order valence-electron chi connectivity index (χ4n) is 3.29. The van der Waals surface area contributed by atoms with Crippen LogP contribution in [0, 0.1) is 0 Å². The number of aromatic nitrogens is 4. The Hall–Kier alpha value is -2.58. The van der Waals surface area contributed by atoms with Gasteiger partial charge in [0.25, 0.3) is 0 Å². The number of nitrogens with zero attached hydrogens (tertiary/aromatic N) is 5. The highest BCUT2D eigenvalue weighted by atomic mass is 32.2. The van der Waals surface area contributed by atoms with Gasteiger partial charge < -0.3 is 10.2 Å². The Morgan fingerprint density at radius 3 is 2.61 bits per heavy atom. The molecule has 28 heavy (non-hydrogen) atoms. The maximum Gasteiger partial charge on any atom is 0.186 e. The van der Waals surface area contributed by atoms with Crippen molar-refractivity contribution in [2.24, 2.45) is 0 Å². The predicted octanol–water partition coefficient (Wildman–Crippen LogP) is 4.02. The van der Waals surface area contributed by atoms with Crippen LogP contribution >= 0.6 is 23.1 Å². The van der Waals surface area contributed by atoms with Crippen LogP contribution in [0.5, 0.6) is 0 Å². The van der Waals surface area contributed by atoms with E-state index in [0.29, 0.717) is 0 Å². The highest BCUT2D eigenvalue weighted by molar-refractivity contribution is 7.99. The summed E-state index contributed by atoms with van der Waals surface area (Å²) in [5.74, 6) is 4.01. The predicted molar refractivity (Wildman–Crippen MR) is 117 cm³/mol. The van der Waals surface area contributed by atoms with Crippen molar-refractivity contribution in [3.63, 3.8) is 0 Å². The fourth-order valence-corrected chi connectivity index (χ4v) is 4.83. The van der Waals surface area contributed by atoms with Gasteiger partial charge in [-0.25, -0.2) is 0 Å². The van der Waals surface area contributed by atoms with Crippen molar-refractivity contribution in [3.8, 4) is 11.4 Å². The van der Waals surface area contributed by atoms with Crippen molar-refractivity contribution >= 4 is 40.3 Å². The summed E-state index contributed by atoms with van der Waals surface area (Å²) in [6, 6.07) is 14.7. The molecular formula is C20H20N6S2. The molecule has 0 atom stereocenters. The zero-order chi connectivity index (χ0) is 18.8. The molecule has 1 saturated heterocycles. The number of thioether (sulfide) groups is 1. The monoisotopic (exact) mass is 408 g/mol. The number of benzene rings is 1. The Balaban J connectivity index is 1.30. The summed E-state index contributed by atoms with van der Waals surface area (Å²) in [5, 5.41) is 20.7. The molecule has 6 nitrogen and oxygen atoms in total. The van der Waals surface area contributed by atoms with Crippen molar-refractivity contribution in [2.45, 2.75) is 6.54 Å². The molecule has 4 heterocycles. The smallest absolute Gasteiger partial charge is 0.186 e. The second-order valence-corrected chi connectivity index (χ2v) is 8.65. The first-order chi connectivity index (χ1) is 13.9. The maximum absolute atomic E-state index is 4.67. The molecule has 0 unspecified atom stereocenters.